The maximum atomic E-state index is 9.72. The molecule has 0 amide bonds. The third-order valence-corrected chi connectivity index (χ3v) is 4.58. The number of benzene rings is 1. The predicted octanol–water partition coefficient (Wildman–Crippen LogP) is 2.81. The quantitative estimate of drug-likeness (QED) is 0.934. The summed E-state index contributed by atoms with van der Waals surface area (Å²) in [6, 6.07) is 7.81. The van der Waals surface area contributed by atoms with Gasteiger partial charge in [-0.3, -0.25) is 0 Å². The van der Waals surface area contributed by atoms with Gasteiger partial charge in [-0.2, -0.15) is 0 Å². The fourth-order valence-corrected chi connectivity index (χ4v) is 3.37. The monoisotopic (exact) mass is 281 g/mol. The highest BCUT2D eigenvalue weighted by molar-refractivity contribution is 8.01. The highest BCUT2D eigenvalue weighted by Gasteiger charge is 2.12. The number of aromatic nitrogens is 2. The molecule has 1 aromatic carbocycles. The molecule has 2 rings (SSSR count). The summed E-state index contributed by atoms with van der Waals surface area (Å²) >= 11 is 3.08. The number of rotatable bonds is 4. The van der Waals surface area contributed by atoms with Crippen LogP contribution in [-0.4, -0.2) is 29.4 Å². The van der Waals surface area contributed by atoms with E-state index in [1.807, 2.05) is 43.3 Å². The molecule has 2 aromatic rings. The maximum Gasteiger partial charge on any atom is 0.208 e. The van der Waals surface area contributed by atoms with Crippen LogP contribution in [0.2, 0.25) is 0 Å². The van der Waals surface area contributed by atoms with Crippen molar-refractivity contribution in [1.29, 1.82) is 0 Å². The molecule has 0 bridgehead atoms. The minimum atomic E-state index is -0.477. The number of aliphatic hydroxyl groups excluding tert-OH is 1. The third kappa shape index (κ3) is 3.01. The molecule has 0 unspecified atom stereocenters. The van der Waals surface area contributed by atoms with Crippen molar-refractivity contribution in [2.45, 2.75) is 22.3 Å². The van der Waals surface area contributed by atoms with E-state index in [9.17, 15) is 5.11 Å². The third-order valence-electron chi connectivity index (χ3n) is 2.34. The van der Waals surface area contributed by atoms with Crippen LogP contribution in [0.1, 0.15) is 18.6 Å². The van der Waals surface area contributed by atoms with E-state index >= 15 is 0 Å². The standard InChI is InChI=1S/C12H15N3OS2/c1-8(16)9-6-4-5-7-10(9)17-12-14-13-11(18-12)15(2)3/h4-8,16H,1-3H3/t8-/m1/s1. The predicted molar refractivity (Wildman–Crippen MR) is 75.4 cm³/mol. The van der Waals surface area contributed by atoms with Crippen molar-refractivity contribution < 1.29 is 5.11 Å². The molecule has 1 aromatic heterocycles. The smallest absolute Gasteiger partial charge is 0.208 e. The summed E-state index contributed by atoms with van der Waals surface area (Å²) in [6.45, 7) is 1.77. The Balaban J connectivity index is 2.23. The maximum absolute atomic E-state index is 9.72. The molecule has 1 atom stereocenters. The zero-order chi connectivity index (χ0) is 13.1. The summed E-state index contributed by atoms with van der Waals surface area (Å²) in [6.07, 6.45) is -0.477. The van der Waals surface area contributed by atoms with Gasteiger partial charge in [0.1, 0.15) is 0 Å². The average molecular weight is 281 g/mol. The van der Waals surface area contributed by atoms with Crippen LogP contribution in [0.3, 0.4) is 0 Å². The summed E-state index contributed by atoms with van der Waals surface area (Å²) in [5.41, 5.74) is 0.920. The molecule has 1 N–H and O–H groups in total. The Kier molecular flexibility index (Phi) is 4.21. The normalized spacial score (nSPS) is 12.4. The van der Waals surface area contributed by atoms with Gasteiger partial charge in [0.2, 0.25) is 5.13 Å². The van der Waals surface area contributed by atoms with Crippen molar-refractivity contribution in [3.05, 3.63) is 29.8 Å². The molecule has 1 heterocycles. The lowest BCUT2D eigenvalue weighted by Gasteiger charge is -2.09. The molecule has 6 heteroatoms. The summed E-state index contributed by atoms with van der Waals surface area (Å²) in [4.78, 5) is 2.96. The molecule has 96 valence electrons. The van der Waals surface area contributed by atoms with Crippen molar-refractivity contribution >= 4 is 28.2 Å². The Morgan fingerprint density at radius 3 is 2.61 bits per heavy atom. The van der Waals surface area contributed by atoms with Crippen molar-refractivity contribution in [3.8, 4) is 0 Å². The van der Waals surface area contributed by atoms with E-state index in [1.165, 1.54) is 11.8 Å². The van der Waals surface area contributed by atoms with Crippen LogP contribution in [0.15, 0.2) is 33.5 Å². The molecule has 0 radical (unpaired) electrons. The minimum absolute atomic E-state index is 0.477. The lowest BCUT2D eigenvalue weighted by molar-refractivity contribution is 0.196. The molecule has 0 fully saturated rings. The Bertz CT molecular complexity index is 526. The zero-order valence-electron chi connectivity index (χ0n) is 10.5. The molecule has 0 aliphatic heterocycles. The van der Waals surface area contributed by atoms with Gasteiger partial charge in [-0.1, -0.05) is 41.3 Å². The van der Waals surface area contributed by atoms with Crippen molar-refractivity contribution in [3.63, 3.8) is 0 Å². The number of nitrogens with zero attached hydrogens (tertiary/aromatic N) is 3. The lowest BCUT2D eigenvalue weighted by atomic mass is 10.1. The second-order valence-corrected chi connectivity index (χ2v) is 6.31. The van der Waals surface area contributed by atoms with Crippen LogP contribution in [0.25, 0.3) is 0 Å². The van der Waals surface area contributed by atoms with Crippen LogP contribution in [0.5, 0.6) is 0 Å². The van der Waals surface area contributed by atoms with E-state index in [4.69, 9.17) is 0 Å². The van der Waals surface area contributed by atoms with E-state index in [2.05, 4.69) is 10.2 Å². The van der Waals surface area contributed by atoms with Crippen LogP contribution >= 0.6 is 23.1 Å². The van der Waals surface area contributed by atoms with Crippen LogP contribution < -0.4 is 4.90 Å². The van der Waals surface area contributed by atoms with Crippen molar-refractivity contribution in [1.82, 2.24) is 10.2 Å². The van der Waals surface area contributed by atoms with E-state index in [-0.39, 0.29) is 0 Å². The van der Waals surface area contributed by atoms with Gasteiger partial charge in [0.15, 0.2) is 4.34 Å². The first kappa shape index (κ1) is 13.3. The topological polar surface area (TPSA) is 49.3 Å². The summed E-state index contributed by atoms with van der Waals surface area (Å²) in [7, 11) is 3.89. The Morgan fingerprint density at radius 1 is 1.28 bits per heavy atom. The van der Waals surface area contributed by atoms with Gasteiger partial charge in [0, 0.05) is 19.0 Å². The first-order chi connectivity index (χ1) is 8.58. The number of hydrogen-bond acceptors (Lipinski definition) is 6. The van der Waals surface area contributed by atoms with Crippen molar-refractivity contribution in [2.24, 2.45) is 0 Å². The lowest BCUT2D eigenvalue weighted by Crippen LogP contribution is -2.07. The van der Waals surface area contributed by atoms with Gasteiger partial charge in [-0.05, 0) is 18.6 Å². The molecule has 0 saturated carbocycles. The first-order valence-electron chi connectivity index (χ1n) is 5.53. The van der Waals surface area contributed by atoms with Gasteiger partial charge in [0.05, 0.1) is 6.10 Å². The molecular formula is C12H15N3OS2. The number of aliphatic hydroxyl groups is 1. The fourth-order valence-electron chi connectivity index (χ4n) is 1.44. The molecule has 0 saturated heterocycles. The van der Waals surface area contributed by atoms with E-state index in [0.717, 1.165) is 19.9 Å². The molecule has 0 spiro atoms. The van der Waals surface area contributed by atoms with E-state index in [0.29, 0.717) is 0 Å². The largest absolute Gasteiger partial charge is 0.389 e. The average Bonchev–Trinajstić information content (AvgIpc) is 2.78. The second-order valence-electron chi connectivity index (χ2n) is 4.06. The van der Waals surface area contributed by atoms with Crippen LogP contribution in [0.4, 0.5) is 5.13 Å². The van der Waals surface area contributed by atoms with Gasteiger partial charge in [0.25, 0.3) is 0 Å². The molecule has 0 aliphatic rings. The van der Waals surface area contributed by atoms with Crippen LogP contribution in [-0.2, 0) is 0 Å². The van der Waals surface area contributed by atoms with Gasteiger partial charge >= 0.3 is 0 Å². The van der Waals surface area contributed by atoms with Gasteiger partial charge in [-0.25, -0.2) is 0 Å². The summed E-state index contributed by atoms with van der Waals surface area (Å²) in [5.74, 6) is 0. The zero-order valence-corrected chi connectivity index (χ0v) is 12.1. The SMILES string of the molecule is C[C@@H](O)c1ccccc1Sc1nnc(N(C)C)s1. The number of hydrogen-bond donors (Lipinski definition) is 1. The highest BCUT2D eigenvalue weighted by Crippen LogP contribution is 2.36. The van der Waals surface area contributed by atoms with E-state index in [1.54, 1.807) is 18.3 Å². The summed E-state index contributed by atoms with van der Waals surface area (Å²) < 4.78 is 0.881. The minimum Gasteiger partial charge on any atom is -0.389 e. The number of anilines is 1. The van der Waals surface area contributed by atoms with Gasteiger partial charge in [-0.15, -0.1) is 10.2 Å². The Hall–Kier alpha value is -1.11. The molecule has 0 aliphatic carbocycles. The Labute approximate surface area is 115 Å². The van der Waals surface area contributed by atoms with Crippen LogP contribution in [0, 0.1) is 0 Å². The Morgan fingerprint density at radius 2 is 2.00 bits per heavy atom. The highest BCUT2D eigenvalue weighted by atomic mass is 32.2. The van der Waals surface area contributed by atoms with Gasteiger partial charge < -0.3 is 10.0 Å². The van der Waals surface area contributed by atoms with E-state index < -0.39 is 6.10 Å². The summed E-state index contributed by atoms with van der Waals surface area (Å²) in [5, 5.41) is 18.8. The van der Waals surface area contributed by atoms with Crippen molar-refractivity contribution in [2.75, 3.05) is 19.0 Å². The molecule has 4 nitrogen and oxygen atoms in total. The second kappa shape index (κ2) is 5.69. The first-order valence-corrected chi connectivity index (χ1v) is 7.17. The molecular weight excluding hydrogens is 266 g/mol. The fraction of sp³-hybridized carbons (Fsp3) is 0.333. The molecule has 18 heavy (non-hydrogen) atoms.